The minimum Gasteiger partial charge on any atom is -0.481 e. The van der Waals surface area contributed by atoms with E-state index in [1.165, 1.54) is 24.3 Å². The Kier molecular flexibility index (Phi) is 5.19. The number of nitro benzene ring substituents is 1. The predicted molar refractivity (Wildman–Crippen MR) is 71.4 cm³/mol. The van der Waals surface area contributed by atoms with Crippen LogP contribution in [0.2, 0.25) is 0 Å². The second-order valence-electron chi connectivity index (χ2n) is 4.70. The Morgan fingerprint density at radius 2 is 1.85 bits per heavy atom. The molecule has 2 N–H and O–H groups in total. The van der Waals surface area contributed by atoms with E-state index in [1.54, 1.807) is 13.8 Å². The van der Waals surface area contributed by atoms with Gasteiger partial charge in [0.15, 0.2) is 0 Å². The van der Waals surface area contributed by atoms with Gasteiger partial charge in [0.25, 0.3) is 11.6 Å². The van der Waals surface area contributed by atoms with Gasteiger partial charge in [0.05, 0.1) is 10.8 Å². The maximum absolute atomic E-state index is 11.8. The Morgan fingerprint density at radius 1 is 1.30 bits per heavy atom. The van der Waals surface area contributed by atoms with Gasteiger partial charge in [0, 0.05) is 24.2 Å². The molecule has 0 saturated carbocycles. The second-order valence-corrected chi connectivity index (χ2v) is 4.70. The van der Waals surface area contributed by atoms with Crippen molar-refractivity contribution in [2.75, 3.05) is 6.54 Å². The minimum atomic E-state index is -0.969. The van der Waals surface area contributed by atoms with Crippen LogP contribution >= 0.6 is 0 Å². The van der Waals surface area contributed by atoms with Gasteiger partial charge in [0.1, 0.15) is 0 Å². The number of amides is 1. The molecule has 0 aromatic heterocycles. The molecule has 7 heteroatoms. The fourth-order valence-corrected chi connectivity index (χ4v) is 1.65. The average Bonchev–Trinajstić information content (AvgIpc) is 2.38. The van der Waals surface area contributed by atoms with Crippen LogP contribution in [0, 0.1) is 22.0 Å². The normalized spacial score (nSPS) is 11.9. The lowest BCUT2D eigenvalue weighted by atomic mass is 9.96. The lowest BCUT2D eigenvalue weighted by Gasteiger charge is -2.16. The van der Waals surface area contributed by atoms with Crippen molar-refractivity contribution >= 4 is 17.6 Å². The number of carboxylic acids is 1. The molecule has 1 amide bonds. The van der Waals surface area contributed by atoms with E-state index in [4.69, 9.17) is 5.11 Å². The number of carbonyl (C=O) groups excluding carboxylic acids is 1. The number of hydrogen-bond acceptors (Lipinski definition) is 4. The standard InChI is InChI=1S/C13H16N2O5/c1-8(2)11(13(17)18)7-14-12(16)9-3-5-10(6-4-9)15(19)20/h3-6,8,11H,7H2,1-2H3,(H,14,16)(H,17,18). The van der Waals surface area contributed by atoms with Crippen molar-refractivity contribution < 1.29 is 19.6 Å². The van der Waals surface area contributed by atoms with E-state index in [-0.39, 0.29) is 23.7 Å². The third-order valence-electron chi connectivity index (χ3n) is 2.94. The fraction of sp³-hybridized carbons (Fsp3) is 0.385. The van der Waals surface area contributed by atoms with Gasteiger partial charge < -0.3 is 10.4 Å². The second kappa shape index (κ2) is 6.65. The number of carbonyl (C=O) groups is 2. The number of nitrogens with zero attached hydrogens (tertiary/aromatic N) is 1. The van der Waals surface area contributed by atoms with Gasteiger partial charge in [-0.1, -0.05) is 13.8 Å². The largest absolute Gasteiger partial charge is 0.481 e. The van der Waals surface area contributed by atoms with Crippen molar-refractivity contribution in [2.24, 2.45) is 11.8 Å². The first-order chi connectivity index (χ1) is 9.32. The van der Waals surface area contributed by atoms with E-state index < -0.39 is 22.7 Å². The lowest BCUT2D eigenvalue weighted by Crippen LogP contribution is -2.35. The lowest BCUT2D eigenvalue weighted by molar-refractivity contribution is -0.384. The SMILES string of the molecule is CC(C)C(CNC(=O)c1ccc([N+](=O)[O-])cc1)C(=O)O. The van der Waals surface area contributed by atoms with E-state index in [9.17, 15) is 19.7 Å². The third-order valence-corrected chi connectivity index (χ3v) is 2.94. The Balaban J connectivity index is 2.67. The van der Waals surface area contributed by atoms with Crippen LogP contribution in [-0.4, -0.2) is 28.5 Å². The van der Waals surface area contributed by atoms with Gasteiger partial charge in [-0.25, -0.2) is 0 Å². The summed E-state index contributed by atoms with van der Waals surface area (Å²) in [7, 11) is 0. The van der Waals surface area contributed by atoms with Gasteiger partial charge in [-0.15, -0.1) is 0 Å². The highest BCUT2D eigenvalue weighted by molar-refractivity contribution is 5.94. The molecule has 0 saturated heterocycles. The van der Waals surface area contributed by atoms with Crippen LogP contribution in [0.1, 0.15) is 24.2 Å². The molecule has 0 spiro atoms. The highest BCUT2D eigenvalue weighted by atomic mass is 16.6. The first-order valence-electron chi connectivity index (χ1n) is 6.08. The summed E-state index contributed by atoms with van der Waals surface area (Å²) in [5.41, 5.74) is 0.149. The van der Waals surface area contributed by atoms with Crippen LogP contribution < -0.4 is 5.32 Å². The number of nitrogens with one attached hydrogen (secondary N) is 1. The molecule has 20 heavy (non-hydrogen) atoms. The zero-order valence-corrected chi connectivity index (χ0v) is 11.2. The summed E-state index contributed by atoms with van der Waals surface area (Å²) in [6.07, 6.45) is 0. The number of rotatable bonds is 6. The zero-order valence-electron chi connectivity index (χ0n) is 11.2. The molecule has 1 rings (SSSR count). The highest BCUT2D eigenvalue weighted by Gasteiger charge is 2.22. The van der Waals surface area contributed by atoms with Gasteiger partial charge >= 0.3 is 5.97 Å². The summed E-state index contributed by atoms with van der Waals surface area (Å²) in [6, 6.07) is 5.12. The summed E-state index contributed by atoms with van der Waals surface area (Å²) in [6.45, 7) is 3.54. The molecule has 0 aliphatic heterocycles. The van der Waals surface area contributed by atoms with Gasteiger partial charge in [-0.2, -0.15) is 0 Å². The van der Waals surface area contributed by atoms with E-state index in [0.29, 0.717) is 0 Å². The van der Waals surface area contributed by atoms with Crippen molar-refractivity contribution in [1.29, 1.82) is 0 Å². The quantitative estimate of drug-likeness (QED) is 0.608. The van der Waals surface area contributed by atoms with Crippen LogP contribution in [0.25, 0.3) is 0 Å². The molecule has 0 aliphatic carbocycles. The van der Waals surface area contributed by atoms with Gasteiger partial charge in [-0.3, -0.25) is 19.7 Å². The van der Waals surface area contributed by atoms with E-state index in [1.807, 2.05) is 0 Å². The Labute approximate surface area is 115 Å². The van der Waals surface area contributed by atoms with Crippen LogP contribution in [0.5, 0.6) is 0 Å². The molecule has 0 radical (unpaired) electrons. The number of benzene rings is 1. The maximum atomic E-state index is 11.8. The molecule has 1 aromatic rings. The maximum Gasteiger partial charge on any atom is 0.308 e. The Hall–Kier alpha value is -2.44. The molecule has 7 nitrogen and oxygen atoms in total. The smallest absolute Gasteiger partial charge is 0.308 e. The fourth-order valence-electron chi connectivity index (χ4n) is 1.65. The first-order valence-corrected chi connectivity index (χ1v) is 6.08. The Morgan fingerprint density at radius 3 is 2.25 bits per heavy atom. The first kappa shape index (κ1) is 15.6. The van der Waals surface area contributed by atoms with Crippen molar-refractivity contribution in [2.45, 2.75) is 13.8 Å². The van der Waals surface area contributed by atoms with Crippen molar-refractivity contribution in [3.63, 3.8) is 0 Å². The summed E-state index contributed by atoms with van der Waals surface area (Å²) in [5.74, 6) is -2.20. The molecule has 0 aliphatic rings. The van der Waals surface area contributed by atoms with Gasteiger partial charge in [0.2, 0.25) is 0 Å². The molecule has 1 aromatic carbocycles. The highest BCUT2D eigenvalue weighted by Crippen LogP contribution is 2.13. The summed E-state index contributed by atoms with van der Waals surface area (Å²) < 4.78 is 0. The Bertz CT molecular complexity index is 510. The van der Waals surface area contributed by atoms with Crippen LogP contribution in [-0.2, 0) is 4.79 Å². The number of nitro groups is 1. The molecule has 1 unspecified atom stereocenters. The minimum absolute atomic E-state index is 0.0167. The van der Waals surface area contributed by atoms with Crippen LogP contribution in [0.4, 0.5) is 5.69 Å². The third kappa shape index (κ3) is 4.04. The average molecular weight is 280 g/mol. The number of carboxylic acid groups (broad SMARTS) is 1. The molecule has 108 valence electrons. The molecule has 0 heterocycles. The summed E-state index contributed by atoms with van der Waals surface area (Å²) >= 11 is 0. The van der Waals surface area contributed by atoms with E-state index >= 15 is 0 Å². The van der Waals surface area contributed by atoms with Gasteiger partial charge in [-0.05, 0) is 18.1 Å². The van der Waals surface area contributed by atoms with Crippen LogP contribution in [0.3, 0.4) is 0 Å². The van der Waals surface area contributed by atoms with Crippen LogP contribution in [0.15, 0.2) is 24.3 Å². The zero-order chi connectivity index (χ0) is 15.3. The number of hydrogen-bond donors (Lipinski definition) is 2. The molecule has 0 fully saturated rings. The summed E-state index contributed by atoms with van der Waals surface area (Å²) in [4.78, 5) is 32.7. The van der Waals surface area contributed by atoms with Crippen molar-refractivity contribution in [3.05, 3.63) is 39.9 Å². The molecular weight excluding hydrogens is 264 g/mol. The molecule has 1 atom stereocenters. The summed E-state index contributed by atoms with van der Waals surface area (Å²) in [5, 5.41) is 22.0. The number of non-ortho nitro benzene ring substituents is 1. The van der Waals surface area contributed by atoms with E-state index in [2.05, 4.69) is 5.32 Å². The topological polar surface area (TPSA) is 110 Å². The number of aliphatic carboxylic acids is 1. The molecular formula is C13H16N2O5. The monoisotopic (exact) mass is 280 g/mol. The predicted octanol–water partition coefficient (Wildman–Crippen LogP) is 1.68. The van der Waals surface area contributed by atoms with E-state index in [0.717, 1.165) is 0 Å². The van der Waals surface area contributed by atoms with Crippen molar-refractivity contribution in [1.82, 2.24) is 5.32 Å². The molecule has 0 bridgehead atoms. The van der Waals surface area contributed by atoms with Crippen molar-refractivity contribution in [3.8, 4) is 0 Å².